The van der Waals surface area contributed by atoms with E-state index >= 15 is 0 Å². The van der Waals surface area contributed by atoms with E-state index in [0.29, 0.717) is 6.61 Å². The molecule has 1 rings (SSSR count). The minimum atomic E-state index is -0.0444. The van der Waals surface area contributed by atoms with E-state index in [0.717, 1.165) is 12.8 Å². The molecule has 0 saturated heterocycles. The average molecular weight is 263 g/mol. The predicted molar refractivity (Wildman–Crippen MR) is 82.6 cm³/mol. The second-order valence-electron chi connectivity index (χ2n) is 5.76. The number of likely N-dealkylation sites (N-methyl/N-ethyl adjacent to an activating group) is 1. The van der Waals surface area contributed by atoms with Crippen LogP contribution in [-0.2, 0) is 11.2 Å². The van der Waals surface area contributed by atoms with Gasteiger partial charge >= 0.3 is 0 Å². The Morgan fingerprint density at radius 2 is 1.79 bits per heavy atom. The third-order valence-electron chi connectivity index (χ3n) is 3.76. The molecule has 1 aromatic rings. The number of nitrogens with one attached hydrogen (secondary N) is 1. The molecule has 0 aromatic heterocycles. The van der Waals surface area contributed by atoms with Crippen molar-refractivity contribution < 1.29 is 4.74 Å². The van der Waals surface area contributed by atoms with Gasteiger partial charge in [-0.05, 0) is 44.9 Å². The molecule has 0 aliphatic carbocycles. The van der Waals surface area contributed by atoms with Crippen molar-refractivity contribution in [2.24, 2.45) is 0 Å². The maximum Gasteiger partial charge on any atom is 0.0668 e. The minimum absolute atomic E-state index is 0.0444. The molecular formula is C17H29NO. The van der Waals surface area contributed by atoms with Gasteiger partial charge in [0.1, 0.15) is 0 Å². The Morgan fingerprint density at radius 3 is 2.26 bits per heavy atom. The maximum atomic E-state index is 6.00. The fourth-order valence-electron chi connectivity index (χ4n) is 1.96. The third-order valence-corrected chi connectivity index (χ3v) is 3.76. The number of hydrogen-bond donors (Lipinski definition) is 1. The molecular weight excluding hydrogens is 234 g/mol. The van der Waals surface area contributed by atoms with E-state index < -0.39 is 0 Å². The second-order valence-corrected chi connectivity index (χ2v) is 5.76. The molecule has 1 N–H and O–H groups in total. The van der Waals surface area contributed by atoms with Crippen LogP contribution in [0.15, 0.2) is 24.3 Å². The topological polar surface area (TPSA) is 21.3 Å². The summed E-state index contributed by atoms with van der Waals surface area (Å²) in [5.74, 6) is 0. The molecule has 1 aromatic carbocycles. The summed E-state index contributed by atoms with van der Waals surface area (Å²) in [6.07, 6.45) is 3.38. The fourth-order valence-corrected chi connectivity index (χ4v) is 1.96. The van der Waals surface area contributed by atoms with Crippen LogP contribution in [0.4, 0.5) is 0 Å². The lowest BCUT2D eigenvalue weighted by Gasteiger charge is -2.27. The van der Waals surface area contributed by atoms with Crippen molar-refractivity contribution in [3.8, 4) is 0 Å². The lowest BCUT2D eigenvalue weighted by atomic mass is 10.0. The molecule has 1 atom stereocenters. The Hall–Kier alpha value is -0.860. The van der Waals surface area contributed by atoms with Gasteiger partial charge in [-0.25, -0.2) is 0 Å². The minimum Gasteiger partial charge on any atom is -0.374 e. The summed E-state index contributed by atoms with van der Waals surface area (Å²) in [7, 11) is 1.99. The SMILES string of the molecule is CCCc1ccc(C(COC(C)(C)CC)NC)cc1. The first-order chi connectivity index (χ1) is 9.02. The molecule has 2 nitrogen and oxygen atoms in total. The Bertz CT molecular complexity index is 356. The highest BCUT2D eigenvalue weighted by Gasteiger charge is 2.18. The molecule has 0 radical (unpaired) electrons. The van der Waals surface area contributed by atoms with Crippen LogP contribution < -0.4 is 5.32 Å². The van der Waals surface area contributed by atoms with Gasteiger partial charge in [0.25, 0.3) is 0 Å². The molecule has 0 heterocycles. The van der Waals surface area contributed by atoms with Crippen molar-refractivity contribution in [1.29, 1.82) is 0 Å². The van der Waals surface area contributed by atoms with Crippen LogP contribution in [0.1, 0.15) is 57.7 Å². The number of aryl methyl sites for hydroxylation is 1. The quantitative estimate of drug-likeness (QED) is 0.762. The van der Waals surface area contributed by atoms with E-state index in [-0.39, 0.29) is 11.6 Å². The molecule has 0 bridgehead atoms. The summed E-state index contributed by atoms with van der Waals surface area (Å²) in [5.41, 5.74) is 2.67. The van der Waals surface area contributed by atoms with Gasteiger partial charge in [0.2, 0.25) is 0 Å². The zero-order valence-electron chi connectivity index (χ0n) is 13.1. The van der Waals surface area contributed by atoms with Gasteiger partial charge in [-0.3, -0.25) is 0 Å². The van der Waals surface area contributed by atoms with Crippen LogP contribution in [-0.4, -0.2) is 19.3 Å². The van der Waals surface area contributed by atoms with Gasteiger partial charge in [0.15, 0.2) is 0 Å². The van der Waals surface area contributed by atoms with Crippen LogP contribution in [0.3, 0.4) is 0 Å². The fraction of sp³-hybridized carbons (Fsp3) is 0.647. The summed E-state index contributed by atoms with van der Waals surface area (Å²) in [6, 6.07) is 9.16. The van der Waals surface area contributed by atoms with Crippen LogP contribution in [0.25, 0.3) is 0 Å². The molecule has 19 heavy (non-hydrogen) atoms. The van der Waals surface area contributed by atoms with Crippen LogP contribution in [0, 0.1) is 0 Å². The van der Waals surface area contributed by atoms with Crippen molar-refractivity contribution >= 4 is 0 Å². The van der Waals surface area contributed by atoms with E-state index in [2.05, 4.69) is 57.3 Å². The highest BCUT2D eigenvalue weighted by Crippen LogP contribution is 2.20. The average Bonchev–Trinajstić information content (AvgIpc) is 2.41. The molecule has 0 aliphatic heterocycles. The number of benzene rings is 1. The monoisotopic (exact) mass is 263 g/mol. The van der Waals surface area contributed by atoms with Gasteiger partial charge in [-0.2, -0.15) is 0 Å². The third kappa shape index (κ3) is 5.33. The summed E-state index contributed by atoms with van der Waals surface area (Å²) in [4.78, 5) is 0. The standard InChI is InChI=1S/C17H29NO/c1-6-8-14-9-11-15(12-10-14)16(18-5)13-19-17(3,4)7-2/h9-12,16,18H,6-8,13H2,1-5H3. The highest BCUT2D eigenvalue weighted by atomic mass is 16.5. The lowest BCUT2D eigenvalue weighted by Crippen LogP contribution is -2.30. The molecule has 2 heteroatoms. The summed E-state index contributed by atoms with van der Waals surface area (Å²) in [6.45, 7) is 9.37. The van der Waals surface area contributed by atoms with E-state index in [1.165, 1.54) is 17.5 Å². The molecule has 0 spiro atoms. The summed E-state index contributed by atoms with van der Waals surface area (Å²) < 4.78 is 6.00. The zero-order chi connectivity index (χ0) is 14.3. The van der Waals surface area contributed by atoms with E-state index in [1.807, 2.05) is 7.05 Å². The highest BCUT2D eigenvalue weighted by molar-refractivity contribution is 5.25. The predicted octanol–water partition coefficient (Wildman–Crippen LogP) is 4.10. The van der Waals surface area contributed by atoms with Crippen LogP contribution in [0.5, 0.6) is 0 Å². The van der Waals surface area contributed by atoms with Gasteiger partial charge in [-0.15, -0.1) is 0 Å². The Morgan fingerprint density at radius 1 is 1.16 bits per heavy atom. The van der Waals surface area contributed by atoms with Crippen molar-refractivity contribution in [3.63, 3.8) is 0 Å². The van der Waals surface area contributed by atoms with Crippen molar-refractivity contribution in [2.75, 3.05) is 13.7 Å². The zero-order valence-corrected chi connectivity index (χ0v) is 13.1. The van der Waals surface area contributed by atoms with Crippen molar-refractivity contribution in [3.05, 3.63) is 35.4 Å². The Kier molecular flexibility index (Phi) is 6.53. The number of hydrogen-bond acceptors (Lipinski definition) is 2. The number of ether oxygens (including phenoxy) is 1. The first-order valence-corrected chi connectivity index (χ1v) is 7.42. The smallest absolute Gasteiger partial charge is 0.0668 e. The molecule has 0 aliphatic rings. The molecule has 0 saturated carbocycles. The van der Waals surface area contributed by atoms with Gasteiger partial charge < -0.3 is 10.1 Å². The second kappa shape index (κ2) is 7.66. The van der Waals surface area contributed by atoms with Crippen LogP contribution >= 0.6 is 0 Å². The Labute approximate surface area is 118 Å². The van der Waals surface area contributed by atoms with Crippen molar-refractivity contribution in [1.82, 2.24) is 5.32 Å². The lowest BCUT2D eigenvalue weighted by molar-refractivity contribution is -0.0300. The van der Waals surface area contributed by atoms with E-state index in [4.69, 9.17) is 4.74 Å². The summed E-state index contributed by atoms with van der Waals surface area (Å²) in [5, 5.41) is 3.34. The van der Waals surface area contributed by atoms with E-state index in [9.17, 15) is 0 Å². The first kappa shape index (κ1) is 16.2. The molecule has 108 valence electrons. The summed E-state index contributed by atoms with van der Waals surface area (Å²) >= 11 is 0. The maximum absolute atomic E-state index is 6.00. The van der Waals surface area contributed by atoms with Crippen molar-refractivity contribution in [2.45, 2.75) is 58.6 Å². The molecule has 1 unspecified atom stereocenters. The van der Waals surface area contributed by atoms with Gasteiger partial charge in [0, 0.05) is 0 Å². The normalized spacial score (nSPS) is 13.5. The van der Waals surface area contributed by atoms with Gasteiger partial charge in [-0.1, -0.05) is 44.5 Å². The first-order valence-electron chi connectivity index (χ1n) is 7.42. The largest absolute Gasteiger partial charge is 0.374 e. The van der Waals surface area contributed by atoms with Gasteiger partial charge in [0.05, 0.1) is 18.2 Å². The molecule has 0 amide bonds. The molecule has 0 fully saturated rings. The number of rotatable bonds is 8. The Balaban J connectivity index is 2.64. The van der Waals surface area contributed by atoms with E-state index in [1.54, 1.807) is 0 Å². The van der Waals surface area contributed by atoms with Crippen LogP contribution in [0.2, 0.25) is 0 Å².